The number of benzene rings is 2. The molecular formula is C19H17Cl2N3OS. The third-order valence-electron chi connectivity index (χ3n) is 3.71. The molecule has 7 heteroatoms. The SMILES string of the molecule is C=CCn1c(SCc2ccc(Cl)c(Cl)c2)nnc1-c1cccc(OC)c1. The number of hydrogen-bond acceptors (Lipinski definition) is 4. The van der Waals surface area contributed by atoms with E-state index in [4.69, 9.17) is 27.9 Å². The maximum Gasteiger partial charge on any atom is 0.192 e. The summed E-state index contributed by atoms with van der Waals surface area (Å²) in [5, 5.41) is 10.6. The number of hydrogen-bond donors (Lipinski definition) is 0. The predicted octanol–water partition coefficient (Wildman–Crippen LogP) is 5.74. The molecule has 1 aromatic heterocycles. The van der Waals surface area contributed by atoms with Crippen molar-refractivity contribution < 1.29 is 4.74 Å². The third-order valence-corrected chi connectivity index (χ3v) is 5.49. The zero-order chi connectivity index (χ0) is 18.5. The summed E-state index contributed by atoms with van der Waals surface area (Å²) in [5.41, 5.74) is 2.01. The van der Waals surface area contributed by atoms with E-state index in [0.29, 0.717) is 22.3 Å². The van der Waals surface area contributed by atoms with Gasteiger partial charge in [0.05, 0.1) is 17.2 Å². The van der Waals surface area contributed by atoms with Crippen LogP contribution < -0.4 is 4.74 Å². The highest BCUT2D eigenvalue weighted by molar-refractivity contribution is 7.98. The average molecular weight is 406 g/mol. The molecule has 0 fully saturated rings. The minimum absolute atomic E-state index is 0.550. The first kappa shape index (κ1) is 18.8. The van der Waals surface area contributed by atoms with Crippen LogP contribution in [0.1, 0.15) is 5.56 Å². The van der Waals surface area contributed by atoms with Crippen molar-refractivity contribution in [2.75, 3.05) is 7.11 Å². The fraction of sp³-hybridized carbons (Fsp3) is 0.158. The van der Waals surface area contributed by atoms with Gasteiger partial charge in [-0.05, 0) is 29.8 Å². The Balaban J connectivity index is 1.86. The van der Waals surface area contributed by atoms with Gasteiger partial charge in [-0.1, -0.05) is 59.2 Å². The highest BCUT2D eigenvalue weighted by Crippen LogP contribution is 2.30. The molecule has 0 bridgehead atoms. The molecule has 2 aromatic carbocycles. The molecule has 0 amide bonds. The van der Waals surface area contributed by atoms with Crippen molar-refractivity contribution in [2.24, 2.45) is 0 Å². The highest BCUT2D eigenvalue weighted by Gasteiger charge is 2.14. The minimum atomic E-state index is 0.550. The van der Waals surface area contributed by atoms with Gasteiger partial charge in [0.1, 0.15) is 5.75 Å². The van der Waals surface area contributed by atoms with Crippen molar-refractivity contribution in [1.82, 2.24) is 14.8 Å². The molecular weight excluding hydrogens is 389 g/mol. The molecule has 0 saturated heterocycles. The summed E-state index contributed by atoms with van der Waals surface area (Å²) >= 11 is 13.7. The van der Waals surface area contributed by atoms with Crippen molar-refractivity contribution in [1.29, 1.82) is 0 Å². The summed E-state index contributed by atoms with van der Waals surface area (Å²) in [6.45, 7) is 4.46. The monoisotopic (exact) mass is 405 g/mol. The minimum Gasteiger partial charge on any atom is -0.497 e. The lowest BCUT2D eigenvalue weighted by atomic mass is 10.2. The van der Waals surface area contributed by atoms with E-state index in [0.717, 1.165) is 27.9 Å². The number of halogens is 2. The maximum atomic E-state index is 6.09. The number of methoxy groups -OCH3 is 1. The van der Waals surface area contributed by atoms with Crippen LogP contribution in [0.2, 0.25) is 10.0 Å². The average Bonchev–Trinajstić information content (AvgIpc) is 3.06. The summed E-state index contributed by atoms with van der Waals surface area (Å²) in [6.07, 6.45) is 1.83. The Labute approximate surface area is 166 Å². The molecule has 0 spiro atoms. The first-order valence-electron chi connectivity index (χ1n) is 7.87. The Kier molecular flexibility index (Phi) is 6.25. The molecule has 0 aliphatic carbocycles. The number of thioether (sulfide) groups is 1. The smallest absolute Gasteiger partial charge is 0.192 e. The van der Waals surface area contributed by atoms with Crippen LogP contribution in [0.4, 0.5) is 0 Å². The molecule has 0 aliphatic heterocycles. The van der Waals surface area contributed by atoms with Crippen molar-refractivity contribution in [3.8, 4) is 17.1 Å². The van der Waals surface area contributed by atoms with Gasteiger partial charge < -0.3 is 4.74 Å². The van der Waals surface area contributed by atoms with Gasteiger partial charge in [-0.25, -0.2) is 0 Å². The first-order chi connectivity index (χ1) is 12.6. The molecule has 3 aromatic rings. The van der Waals surface area contributed by atoms with E-state index in [1.165, 1.54) is 0 Å². The molecule has 4 nitrogen and oxygen atoms in total. The molecule has 0 aliphatic rings. The van der Waals surface area contributed by atoms with Gasteiger partial charge in [-0.15, -0.1) is 16.8 Å². The number of ether oxygens (including phenoxy) is 1. The van der Waals surface area contributed by atoms with Gasteiger partial charge in [0.15, 0.2) is 11.0 Å². The van der Waals surface area contributed by atoms with Crippen molar-refractivity contribution in [3.05, 3.63) is 70.7 Å². The van der Waals surface area contributed by atoms with E-state index in [9.17, 15) is 0 Å². The standard InChI is InChI=1S/C19H17Cl2N3OS/c1-3-9-24-18(14-5-4-6-15(11-14)25-2)22-23-19(24)26-12-13-7-8-16(20)17(21)10-13/h3-8,10-11H,1,9,12H2,2H3. The predicted molar refractivity (Wildman–Crippen MR) is 108 cm³/mol. The van der Waals surface area contributed by atoms with Crippen molar-refractivity contribution >= 4 is 35.0 Å². The maximum absolute atomic E-state index is 6.09. The van der Waals surface area contributed by atoms with Crippen LogP contribution in [0.25, 0.3) is 11.4 Å². The van der Waals surface area contributed by atoms with E-state index in [1.807, 2.05) is 47.0 Å². The van der Waals surface area contributed by atoms with Crippen molar-refractivity contribution in [3.63, 3.8) is 0 Å². The Morgan fingerprint density at radius 3 is 2.73 bits per heavy atom. The summed E-state index contributed by atoms with van der Waals surface area (Å²) in [4.78, 5) is 0. The van der Waals surface area contributed by atoms with Gasteiger partial charge in [0.25, 0.3) is 0 Å². The lowest BCUT2D eigenvalue weighted by Crippen LogP contribution is -2.01. The fourth-order valence-corrected chi connectivity index (χ4v) is 3.65. The largest absolute Gasteiger partial charge is 0.497 e. The molecule has 134 valence electrons. The second-order valence-electron chi connectivity index (χ2n) is 5.47. The van der Waals surface area contributed by atoms with E-state index < -0.39 is 0 Å². The lowest BCUT2D eigenvalue weighted by Gasteiger charge is -2.09. The zero-order valence-electron chi connectivity index (χ0n) is 14.2. The molecule has 0 atom stereocenters. The van der Waals surface area contributed by atoms with E-state index in [1.54, 1.807) is 24.9 Å². The second kappa shape index (κ2) is 8.62. The number of allylic oxidation sites excluding steroid dienone is 1. The van der Waals surface area contributed by atoms with Gasteiger partial charge in [-0.3, -0.25) is 4.57 Å². The van der Waals surface area contributed by atoms with Crippen LogP contribution in [-0.4, -0.2) is 21.9 Å². The summed E-state index contributed by atoms with van der Waals surface area (Å²) in [7, 11) is 1.64. The Morgan fingerprint density at radius 1 is 1.15 bits per heavy atom. The second-order valence-corrected chi connectivity index (χ2v) is 7.23. The molecule has 0 radical (unpaired) electrons. The summed E-state index contributed by atoms with van der Waals surface area (Å²) < 4.78 is 7.33. The molecule has 0 N–H and O–H groups in total. The third kappa shape index (κ3) is 4.23. The summed E-state index contributed by atoms with van der Waals surface area (Å²) in [5.74, 6) is 2.27. The van der Waals surface area contributed by atoms with Crippen molar-refractivity contribution in [2.45, 2.75) is 17.5 Å². The number of nitrogens with zero attached hydrogens (tertiary/aromatic N) is 3. The van der Waals surface area contributed by atoms with E-state index >= 15 is 0 Å². The van der Waals surface area contributed by atoms with Crippen LogP contribution in [0, 0.1) is 0 Å². The Morgan fingerprint density at radius 2 is 2.00 bits per heavy atom. The van der Waals surface area contributed by atoms with Crippen LogP contribution in [0.3, 0.4) is 0 Å². The molecule has 26 heavy (non-hydrogen) atoms. The highest BCUT2D eigenvalue weighted by atomic mass is 35.5. The molecule has 0 saturated carbocycles. The van der Waals surface area contributed by atoms with Crippen LogP contribution in [0.15, 0.2) is 60.3 Å². The number of aromatic nitrogens is 3. The Bertz CT molecular complexity index is 927. The molecule has 3 rings (SSSR count). The quantitative estimate of drug-likeness (QED) is 0.371. The fourth-order valence-electron chi connectivity index (χ4n) is 2.44. The topological polar surface area (TPSA) is 39.9 Å². The Hall–Kier alpha value is -1.95. The normalized spacial score (nSPS) is 10.7. The van der Waals surface area contributed by atoms with Crippen LogP contribution in [-0.2, 0) is 12.3 Å². The first-order valence-corrected chi connectivity index (χ1v) is 9.61. The molecule has 1 heterocycles. The zero-order valence-corrected chi connectivity index (χ0v) is 16.5. The van der Waals surface area contributed by atoms with Crippen LogP contribution >= 0.6 is 35.0 Å². The van der Waals surface area contributed by atoms with E-state index in [-0.39, 0.29) is 0 Å². The summed E-state index contributed by atoms with van der Waals surface area (Å²) in [6, 6.07) is 13.4. The molecule has 0 unspecified atom stereocenters. The number of rotatable bonds is 7. The van der Waals surface area contributed by atoms with E-state index in [2.05, 4.69) is 16.8 Å². The van der Waals surface area contributed by atoms with Crippen LogP contribution in [0.5, 0.6) is 5.75 Å². The van der Waals surface area contributed by atoms with Gasteiger partial charge in [-0.2, -0.15) is 0 Å². The van der Waals surface area contributed by atoms with Gasteiger partial charge in [0, 0.05) is 17.9 Å². The van der Waals surface area contributed by atoms with Gasteiger partial charge in [0.2, 0.25) is 0 Å². The van der Waals surface area contributed by atoms with Gasteiger partial charge >= 0.3 is 0 Å². The lowest BCUT2D eigenvalue weighted by molar-refractivity contribution is 0.415.